The Morgan fingerprint density at radius 3 is 2.96 bits per heavy atom. The third kappa shape index (κ3) is 2.43. The van der Waals surface area contributed by atoms with Gasteiger partial charge in [-0.25, -0.2) is 0 Å². The zero-order valence-corrected chi connectivity index (χ0v) is 14.4. The molecule has 4 rings (SSSR count). The van der Waals surface area contributed by atoms with Gasteiger partial charge in [-0.15, -0.1) is 0 Å². The minimum Gasteiger partial charge on any atom is -0.486 e. The van der Waals surface area contributed by atoms with Crippen LogP contribution in [0.25, 0.3) is 0 Å². The summed E-state index contributed by atoms with van der Waals surface area (Å²) in [5.74, 6) is 2.91. The molecule has 0 saturated heterocycles. The predicted octanol–water partition coefficient (Wildman–Crippen LogP) is 3.22. The number of nitrogens with one attached hydrogen (secondary N) is 1. The van der Waals surface area contributed by atoms with Crippen LogP contribution in [0.5, 0.6) is 5.75 Å². The Morgan fingerprint density at radius 1 is 1.33 bits per heavy atom. The molecule has 2 fully saturated rings. The van der Waals surface area contributed by atoms with Gasteiger partial charge in [-0.1, -0.05) is 13.0 Å². The molecule has 0 spiro atoms. The van der Waals surface area contributed by atoms with Gasteiger partial charge in [0.25, 0.3) is 0 Å². The lowest BCUT2D eigenvalue weighted by Gasteiger charge is -2.50. The average Bonchev–Trinajstić information content (AvgIpc) is 2.88. The van der Waals surface area contributed by atoms with E-state index >= 15 is 0 Å². The smallest absolute Gasteiger partial charge is 0.145 e. The molecule has 4 heteroatoms. The van der Waals surface area contributed by atoms with Crippen LogP contribution in [-0.4, -0.2) is 23.7 Å². The number of amidine groups is 1. The summed E-state index contributed by atoms with van der Waals surface area (Å²) in [6.45, 7) is 2.48. The first-order valence-electron chi connectivity index (χ1n) is 9.25. The van der Waals surface area contributed by atoms with Crippen LogP contribution in [-0.2, 0) is 6.42 Å². The lowest BCUT2D eigenvalue weighted by Crippen LogP contribution is -2.43. The van der Waals surface area contributed by atoms with Crippen molar-refractivity contribution >= 4 is 5.84 Å². The van der Waals surface area contributed by atoms with Crippen molar-refractivity contribution in [2.45, 2.75) is 57.5 Å². The average molecular weight is 328 g/mol. The molecule has 2 saturated carbocycles. The molecule has 5 atom stereocenters. The maximum absolute atomic E-state index is 10.5. The van der Waals surface area contributed by atoms with E-state index < -0.39 is 0 Å². The van der Waals surface area contributed by atoms with Crippen molar-refractivity contribution in [1.82, 2.24) is 0 Å². The number of rotatable bonds is 3. The Labute approximate surface area is 143 Å². The fourth-order valence-corrected chi connectivity index (χ4v) is 5.78. The van der Waals surface area contributed by atoms with Gasteiger partial charge in [-0.05, 0) is 85.0 Å². The Hall–Kier alpha value is -1.55. The van der Waals surface area contributed by atoms with Gasteiger partial charge >= 0.3 is 0 Å². The van der Waals surface area contributed by atoms with Crippen molar-refractivity contribution < 1.29 is 9.84 Å². The summed E-state index contributed by atoms with van der Waals surface area (Å²) in [6, 6.07) is 6.41. The Kier molecular flexibility index (Phi) is 3.83. The highest BCUT2D eigenvalue weighted by atomic mass is 16.5. The van der Waals surface area contributed by atoms with E-state index in [1.165, 1.54) is 30.4 Å². The number of hydrogen-bond donors (Lipinski definition) is 3. The number of nitrogens with two attached hydrogens (primary N) is 1. The molecule has 4 nitrogen and oxygen atoms in total. The van der Waals surface area contributed by atoms with Crippen LogP contribution in [0.1, 0.15) is 56.1 Å². The SMILES string of the molecule is C[C@]12CC[C@@H]3c4ccc(OCC(=N)N)cc4CC[C@H]3[C@@H]1CCC2O. The van der Waals surface area contributed by atoms with Crippen LogP contribution >= 0.6 is 0 Å². The molecule has 24 heavy (non-hydrogen) atoms. The molecule has 0 radical (unpaired) electrons. The van der Waals surface area contributed by atoms with Gasteiger partial charge in [-0.2, -0.15) is 0 Å². The molecular formula is C20H28N2O2. The van der Waals surface area contributed by atoms with Crippen LogP contribution in [0.3, 0.4) is 0 Å². The summed E-state index contributed by atoms with van der Waals surface area (Å²) in [5, 5.41) is 17.8. The van der Waals surface area contributed by atoms with E-state index in [1.54, 1.807) is 0 Å². The van der Waals surface area contributed by atoms with Gasteiger partial charge in [0, 0.05) is 0 Å². The Balaban J connectivity index is 1.58. The topological polar surface area (TPSA) is 79.3 Å². The molecule has 0 amide bonds. The number of aliphatic hydroxyl groups excluding tert-OH is 1. The lowest BCUT2D eigenvalue weighted by molar-refractivity contribution is -0.0226. The first kappa shape index (κ1) is 15.9. The summed E-state index contributed by atoms with van der Waals surface area (Å²) in [4.78, 5) is 0. The van der Waals surface area contributed by atoms with Crippen molar-refractivity contribution in [3.8, 4) is 5.75 Å². The standard InChI is InChI=1S/C20H28N2O2/c1-20-9-8-15-14-5-3-13(24-11-19(21)22)10-12(14)2-4-16(15)17(20)6-7-18(20)23/h3,5,10,15-18,23H,2,4,6-9,11H2,1H3,(H3,21,22)/t15-,16-,17+,18?,20+/m1/s1. The van der Waals surface area contributed by atoms with E-state index in [9.17, 15) is 5.11 Å². The van der Waals surface area contributed by atoms with E-state index in [0.29, 0.717) is 11.8 Å². The number of aryl methyl sites for hydroxylation is 1. The van der Waals surface area contributed by atoms with E-state index in [2.05, 4.69) is 19.1 Å². The molecule has 3 aliphatic rings. The quantitative estimate of drug-likeness (QED) is 0.589. The van der Waals surface area contributed by atoms with Gasteiger partial charge in [0.15, 0.2) is 0 Å². The predicted molar refractivity (Wildman–Crippen MR) is 94.5 cm³/mol. The molecule has 3 aliphatic carbocycles. The van der Waals surface area contributed by atoms with Gasteiger partial charge < -0.3 is 15.6 Å². The van der Waals surface area contributed by atoms with Crippen molar-refractivity contribution in [1.29, 1.82) is 5.41 Å². The molecule has 1 aromatic rings. The number of fused-ring (bicyclic) bond motifs is 5. The fourth-order valence-electron chi connectivity index (χ4n) is 5.78. The first-order chi connectivity index (χ1) is 11.5. The second kappa shape index (κ2) is 5.76. The number of benzene rings is 1. The normalized spacial score (nSPS) is 37.2. The van der Waals surface area contributed by atoms with Gasteiger partial charge in [0.1, 0.15) is 18.2 Å². The molecule has 130 valence electrons. The second-order valence-electron chi connectivity index (χ2n) is 8.23. The lowest BCUT2D eigenvalue weighted by atomic mass is 9.55. The summed E-state index contributed by atoms with van der Waals surface area (Å²) >= 11 is 0. The van der Waals surface area contributed by atoms with Crippen molar-refractivity contribution in [2.75, 3.05) is 6.61 Å². The van der Waals surface area contributed by atoms with Gasteiger partial charge in [0.05, 0.1) is 6.10 Å². The Bertz CT molecular complexity index is 659. The molecule has 1 aromatic carbocycles. The van der Waals surface area contributed by atoms with E-state index in [1.807, 2.05) is 6.07 Å². The van der Waals surface area contributed by atoms with Crippen LogP contribution in [0.15, 0.2) is 18.2 Å². The highest BCUT2D eigenvalue weighted by molar-refractivity contribution is 5.78. The Morgan fingerprint density at radius 2 is 2.17 bits per heavy atom. The van der Waals surface area contributed by atoms with E-state index in [-0.39, 0.29) is 24.0 Å². The third-order valence-electron chi connectivity index (χ3n) is 7.04. The minimum atomic E-state index is -0.104. The molecule has 0 aromatic heterocycles. The molecule has 0 aliphatic heterocycles. The zero-order valence-electron chi connectivity index (χ0n) is 14.4. The van der Waals surface area contributed by atoms with Gasteiger partial charge in [-0.3, -0.25) is 5.41 Å². The highest BCUT2D eigenvalue weighted by Gasteiger charge is 2.54. The molecule has 1 unspecified atom stereocenters. The number of ether oxygens (including phenoxy) is 1. The van der Waals surface area contributed by atoms with Crippen molar-refractivity contribution in [3.63, 3.8) is 0 Å². The van der Waals surface area contributed by atoms with Crippen LogP contribution in [0.4, 0.5) is 0 Å². The highest BCUT2D eigenvalue weighted by Crippen LogP contribution is 2.60. The first-order valence-corrected chi connectivity index (χ1v) is 9.25. The largest absolute Gasteiger partial charge is 0.486 e. The van der Waals surface area contributed by atoms with E-state index in [0.717, 1.165) is 30.9 Å². The summed E-state index contributed by atoms with van der Waals surface area (Å²) < 4.78 is 5.59. The molecule has 4 N–H and O–H groups in total. The van der Waals surface area contributed by atoms with Gasteiger partial charge in [0.2, 0.25) is 0 Å². The number of aliphatic hydroxyl groups is 1. The maximum atomic E-state index is 10.5. The molecular weight excluding hydrogens is 300 g/mol. The summed E-state index contributed by atoms with van der Waals surface area (Å²) in [7, 11) is 0. The van der Waals surface area contributed by atoms with Crippen molar-refractivity contribution in [2.24, 2.45) is 23.0 Å². The maximum Gasteiger partial charge on any atom is 0.145 e. The third-order valence-corrected chi connectivity index (χ3v) is 7.04. The molecule has 0 bridgehead atoms. The summed E-state index contributed by atoms with van der Waals surface area (Å²) in [6.07, 6.45) is 6.71. The number of hydrogen-bond acceptors (Lipinski definition) is 3. The molecule has 0 heterocycles. The fraction of sp³-hybridized carbons (Fsp3) is 0.650. The second-order valence-corrected chi connectivity index (χ2v) is 8.23. The van der Waals surface area contributed by atoms with E-state index in [4.69, 9.17) is 15.9 Å². The van der Waals surface area contributed by atoms with Crippen LogP contribution in [0, 0.1) is 22.7 Å². The minimum absolute atomic E-state index is 0.0548. The van der Waals surface area contributed by atoms with Crippen LogP contribution < -0.4 is 10.5 Å². The monoisotopic (exact) mass is 328 g/mol. The van der Waals surface area contributed by atoms with Crippen molar-refractivity contribution in [3.05, 3.63) is 29.3 Å². The zero-order chi connectivity index (χ0) is 16.9. The summed E-state index contributed by atoms with van der Waals surface area (Å²) in [5.41, 5.74) is 8.41. The van der Waals surface area contributed by atoms with Crippen LogP contribution in [0.2, 0.25) is 0 Å².